The second-order valence-corrected chi connectivity index (χ2v) is 9.44. The third kappa shape index (κ3) is 5.05. The Morgan fingerprint density at radius 2 is 1.73 bits per heavy atom. The van der Waals surface area contributed by atoms with Crippen molar-refractivity contribution in [3.63, 3.8) is 0 Å². The zero-order valence-corrected chi connectivity index (χ0v) is 17.7. The molecule has 1 amide bonds. The Hall–Kier alpha value is -2.32. The van der Waals surface area contributed by atoms with Gasteiger partial charge in [0.25, 0.3) is 0 Å². The van der Waals surface area contributed by atoms with Crippen LogP contribution in [0.2, 0.25) is 0 Å². The third-order valence-electron chi connectivity index (χ3n) is 5.35. The van der Waals surface area contributed by atoms with Crippen molar-refractivity contribution in [3.8, 4) is 0 Å². The topological polar surface area (TPSA) is 57.7 Å². The number of nitrogens with zero attached hydrogens (tertiary/aromatic N) is 2. The summed E-state index contributed by atoms with van der Waals surface area (Å²) >= 11 is 0. The van der Waals surface area contributed by atoms with E-state index >= 15 is 0 Å². The van der Waals surface area contributed by atoms with Gasteiger partial charge in [-0.2, -0.15) is 4.31 Å². The van der Waals surface area contributed by atoms with Crippen molar-refractivity contribution in [2.75, 3.05) is 19.6 Å². The number of benzene rings is 2. The molecule has 0 radical (unpaired) electrons. The smallest absolute Gasteiger partial charge is 0.243 e. The molecule has 0 bridgehead atoms. The second-order valence-electron chi connectivity index (χ2n) is 7.50. The fourth-order valence-electron chi connectivity index (χ4n) is 3.73. The lowest BCUT2D eigenvalue weighted by molar-refractivity contribution is -0.137. The molecule has 0 spiro atoms. The minimum atomic E-state index is -3.93. The molecule has 1 aliphatic heterocycles. The van der Waals surface area contributed by atoms with E-state index in [0.29, 0.717) is 32.0 Å². The first-order chi connectivity index (χ1) is 14.3. The van der Waals surface area contributed by atoms with Crippen LogP contribution in [0.5, 0.6) is 0 Å². The molecule has 30 heavy (non-hydrogen) atoms. The summed E-state index contributed by atoms with van der Waals surface area (Å²) in [5, 5.41) is 0. The van der Waals surface area contributed by atoms with Crippen LogP contribution in [0.3, 0.4) is 0 Å². The van der Waals surface area contributed by atoms with E-state index in [1.807, 2.05) is 42.2 Å². The van der Waals surface area contributed by atoms with E-state index < -0.39 is 21.7 Å². The lowest BCUT2D eigenvalue weighted by Crippen LogP contribution is -2.44. The van der Waals surface area contributed by atoms with Crippen LogP contribution < -0.4 is 0 Å². The molecule has 1 fully saturated rings. The van der Waals surface area contributed by atoms with Crippen LogP contribution in [0.15, 0.2) is 53.4 Å². The molecular weight excluding hydrogens is 410 g/mol. The van der Waals surface area contributed by atoms with Gasteiger partial charge in [-0.3, -0.25) is 4.79 Å². The van der Waals surface area contributed by atoms with Crippen LogP contribution in [0.4, 0.5) is 8.78 Å². The number of carbonyl (C=O) groups is 1. The van der Waals surface area contributed by atoms with Crippen molar-refractivity contribution >= 4 is 15.9 Å². The number of halogens is 2. The van der Waals surface area contributed by atoms with Gasteiger partial charge < -0.3 is 4.90 Å². The highest BCUT2D eigenvalue weighted by molar-refractivity contribution is 7.89. The molecule has 162 valence electrons. The number of piperidine rings is 1. The maximum absolute atomic E-state index is 13.5. The average molecular weight is 437 g/mol. The van der Waals surface area contributed by atoms with Gasteiger partial charge in [0.05, 0.1) is 4.90 Å². The van der Waals surface area contributed by atoms with Crippen LogP contribution in [0.1, 0.15) is 31.7 Å². The minimum Gasteiger partial charge on any atom is -0.338 e. The highest BCUT2D eigenvalue weighted by Crippen LogP contribution is 2.26. The molecule has 0 N–H and O–H groups in total. The maximum atomic E-state index is 13.5. The monoisotopic (exact) mass is 436 g/mol. The largest absolute Gasteiger partial charge is 0.338 e. The molecule has 0 aliphatic carbocycles. The molecule has 1 aliphatic rings. The van der Waals surface area contributed by atoms with Crippen molar-refractivity contribution in [2.45, 2.75) is 37.6 Å². The minimum absolute atomic E-state index is 0.0329. The summed E-state index contributed by atoms with van der Waals surface area (Å²) in [6.07, 6.45) is 1.63. The van der Waals surface area contributed by atoms with E-state index in [1.165, 1.54) is 4.31 Å². The zero-order chi connectivity index (χ0) is 21.7. The van der Waals surface area contributed by atoms with Gasteiger partial charge in [-0.25, -0.2) is 17.2 Å². The molecule has 3 rings (SSSR count). The summed E-state index contributed by atoms with van der Waals surface area (Å²) in [6.45, 7) is 3.52. The first-order valence-corrected chi connectivity index (χ1v) is 11.5. The molecule has 0 aromatic heterocycles. The van der Waals surface area contributed by atoms with Crippen molar-refractivity contribution in [2.24, 2.45) is 5.92 Å². The van der Waals surface area contributed by atoms with Gasteiger partial charge in [-0.1, -0.05) is 37.3 Å². The Balaban J connectivity index is 1.65. The number of sulfonamides is 1. The fraction of sp³-hybridized carbons (Fsp3) is 0.409. The van der Waals surface area contributed by atoms with Crippen molar-refractivity contribution < 1.29 is 22.0 Å². The Labute approximate surface area is 176 Å². The molecule has 1 saturated heterocycles. The van der Waals surface area contributed by atoms with Gasteiger partial charge in [0.15, 0.2) is 11.6 Å². The van der Waals surface area contributed by atoms with Gasteiger partial charge >= 0.3 is 0 Å². The normalized spacial score (nSPS) is 15.8. The quantitative estimate of drug-likeness (QED) is 0.663. The molecule has 0 unspecified atom stereocenters. The number of rotatable bonds is 7. The van der Waals surface area contributed by atoms with Crippen LogP contribution >= 0.6 is 0 Å². The van der Waals surface area contributed by atoms with E-state index in [9.17, 15) is 22.0 Å². The van der Waals surface area contributed by atoms with Crippen LogP contribution in [-0.2, 0) is 21.4 Å². The van der Waals surface area contributed by atoms with Crippen LogP contribution in [0, 0.1) is 17.6 Å². The van der Waals surface area contributed by atoms with Gasteiger partial charge in [-0.15, -0.1) is 0 Å². The molecule has 1 heterocycles. The average Bonchev–Trinajstić information content (AvgIpc) is 2.75. The zero-order valence-electron chi connectivity index (χ0n) is 16.9. The Bertz CT molecular complexity index is 975. The predicted molar refractivity (Wildman–Crippen MR) is 110 cm³/mol. The number of amides is 1. The summed E-state index contributed by atoms with van der Waals surface area (Å²) in [6, 6.07) is 12.3. The van der Waals surface area contributed by atoms with Crippen LogP contribution in [-0.4, -0.2) is 43.2 Å². The van der Waals surface area contributed by atoms with Gasteiger partial charge in [0.2, 0.25) is 15.9 Å². The molecule has 2 aromatic carbocycles. The molecule has 0 atom stereocenters. The summed E-state index contributed by atoms with van der Waals surface area (Å²) in [5.41, 5.74) is 1.05. The summed E-state index contributed by atoms with van der Waals surface area (Å²) in [4.78, 5) is 14.6. The molecular formula is C22H26F2N2O3S. The first kappa shape index (κ1) is 22.4. The predicted octanol–water partition coefficient (Wildman–Crippen LogP) is 3.80. The van der Waals surface area contributed by atoms with Crippen molar-refractivity contribution in [1.29, 1.82) is 0 Å². The highest BCUT2D eigenvalue weighted by Gasteiger charge is 2.34. The maximum Gasteiger partial charge on any atom is 0.243 e. The molecule has 8 heteroatoms. The number of hydrogen-bond donors (Lipinski definition) is 0. The van der Waals surface area contributed by atoms with Gasteiger partial charge in [0, 0.05) is 32.1 Å². The summed E-state index contributed by atoms with van der Waals surface area (Å²) < 4.78 is 53.3. The van der Waals surface area contributed by atoms with E-state index in [1.54, 1.807) is 0 Å². The summed E-state index contributed by atoms with van der Waals surface area (Å²) in [5.74, 6) is -2.51. The Kier molecular flexibility index (Phi) is 7.20. The molecule has 0 saturated carbocycles. The van der Waals surface area contributed by atoms with E-state index in [-0.39, 0.29) is 29.8 Å². The van der Waals surface area contributed by atoms with Crippen molar-refractivity contribution in [1.82, 2.24) is 9.21 Å². The van der Waals surface area contributed by atoms with Gasteiger partial charge in [-0.05, 0) is 43.0 Å². The Morgan fingerprint density at radius 3 is 2.33 bits per heavy atom. The summed E-state index contributed by atoms with van der Waals surface area (Å²) in [7, 11) is -3.93. The lowest BCUT2D eigenvalue weighted by Gasteiger charge is -2.33. The Morgan fingerprint density at radius 1 is 1.07 bits per heavy atom. The molecule has 5 nitrogen and oxygen atoms in total. The second kappa shape index (κ2) is 9.66. The first-order valence-electron chi connectivity index (χ1n) is 10.1. The lowest BCUT2D eigenvalue weighted by atomic mass is 9.96. The van der Waals surface area contributed by atoms with E-state index in [2.05, 4.69) is 0 Å². The van der Waals surface area contributed by atoms with E-state index in [4.69, 9.17) is 0 Å². The molecule has 2 aromatic rings. The standard InChI is InChI=1S/C22H26F2N2O3S/c1-2-12-25(16-17-6-4-3-5-7-17)22(27)18-10-13-26(14-11-18)30(28,29)19-8-9-20(23)21(24)15-19/h3-9,15,18H,2,10-14,16H2,1H3. The van der Waals surface area contributed by atoms with Crippen LogP contribution in [0.25, 0.3) is 0 Å². The number of hydrogen-bond acceptors (Lipinski definition) is 3. The van der Waals surface area contributed by atoms with Gasteiger partial charge in [0.1, 0.15) is 0 Å². The SMILES string of the molecule is CCCN(Cc1ccccc1)C(=O)C1CCN(S(=O)(=O)c2ccc(F)c(F)c2)CC1. The number of carbonyl (C=O) groups excluding carboxylic acids is 1. The highest BCUT2D eigenvalue weighted by atomic mass is 32.2. The third-order valence-corrected chi connectivity index (χ3v) is 7.25. The van der Waals surface area contributed by atoms with E-state index in [0.717, 1.165) is 24.1 Å². The fourth-order valence-corrected chi connectivity index (χ4v) is 5.21. The van der Waals surface area contributed by atoms with Crippen molar-refractivity contribution in [3.05, 3.63) is 65.7 Å².